The molecule has 1 aliphatic heterocycles. The molecule has 0 fully saturated rings. The van der Waals surface area contributed by atoms with E-state index in [0.717, 1.165) is 11.1 Å². The number of amides is 1. The van der Waals surface area contributed by atoms with Crippen LogP contribution in [0.4, 0.5) is 0 Å². The Labute approximate surface area is 189 Å². The Morgan fingerprint density at radius 3 is 2.71 bits per heavy atom. The van der Waals surface area contributed by atoms with Crippen molar-refractivity contribution in [2.45, 2.75) is 13.0 Å². The highest BCUT2D eigenvalue weighted by Gasteiger charge is 2.14. The van der Waals surface area contributed by atoms with Crippen molar-refractivity contribution < 1.29 is 19.0 Å². The van der Waals surface area contributed by atoms with Gasteiger partial charge >= 0.3 is 0 Å². The predicted octanol–water partition coefficient (Wildman–Crippen LogP) is 4.99. The molecule has 3 aromatic carbocycles. The van der Waals surface area contributed by atoms with Gasteiger partial charge in [-0.3, -0.25) is 4.79 Å². The molecule has 1 aliphatic rings. The van der Waals surface area contributed by atoms with Gasteiger partial charge in [-0.05, 0) is 53.6 Å². The molecule has 3 aromatic rings. The van der Waals surface area contributed by atoms with E-state index in [2.05, 4.69) is 10.5 Å². The number of rotatable bonds is 7. The number of hydrazone groups is 1. The van der Waals surface area contributed by atoms with Gasteiger partial charge in [0.1, 0.15) is 12.4 Å². The van der Waals surface area contributed by atoms with Crippen LogP contribution in [0.3, 0.4) is 0 Å². The minimum atomic E-state index is -0.265. The highest BCUT2D eigenvalue weighted by atomic mass is 35.5. The Morgan fingerprint density at radius 2 is 1.84 bits per heavy atom. The molecule has 31 heavy (non-hydrogen) atoms. The Morgan fingerprint density at radius 1 is 1.00 bits per heavy atom. The molecule has 8 heteroatoms. The van der Waals surface area contributed by atoms with Crippen molar-refractivity contribution in [1.82, 2.24) is 5.43 Å². The van der Waals surface area contributed by atoms with Crippen LogP contribution in [-0.2, 0) is 17.8 Å². The van der Waals surface area contributed by atoms with E-state index in [9.17, 15) is 4.79 Å². The topological polar surface area (TPSA) is 69.2 Å². The third-order valence-corrected chi connectivity index (χ3v) is 4.92. The number of nitrogens with one attached hydrogen (secondary N) is 1. The largest absolute Gasteiger partial charge is 0.488 e. The maximum absolute atomic E-state index is 12.2. The van der Waals surface area contributed by atoms with Crippen molar-refractivity contribution in [2.75, 3.05) is 6.79 Å². The Hall–Kier alpha value is -3.22. The van der Waals surface area contributed by atoms with Crippen molar-refractivity contribution in [1.29, 1.82) is 0 Å². The van der Waals surface area contributed by atoms with E-state index in [-0.39, 0.29) is 19.1 Å². The minimum absolute atomic E-state index is 0.154. The molecular formula is C23H18Cl2N2O4. The number of fused-ring (bicyclic) bond motifs is 1. The molecule has 158 valence electrons. The molecule has 1 amide bonds. The molecule has 0 atom stereocenters. The van der Waals surface area contributed by atoms with Crippen molar-refractivity contribution in [3.8, 4) is 17.2 Å². The summed E-state index contributed by atoms with van der Waals surface area (Å²) in [7, 11) is 0. The molecule has 0 aliphatic carbocycles. The van der Waals surface area contributed by atoms with E-state index in [4.69, 9.17) is 37.4 Å². The number of ether oxygens (including phenoxy) is 3. The van der Waals surface area contributed by atoms with Gasteiger partial charge in [-0.15, -0.1) is 0 Å². The zero-order valence-corrected chi connectivity index (χ0v) is 17.8. The molecule has 0 saturated carbocycles. The fourth-order valence-electron chi connectivity index (χ4n) is 2.99. The van der Waals surface area contributed by atoms with Crippen LogP contribution in [0.25, 0.3) is 0 Å². The van der Waals surface area contributed by atoms with Crippen molar-refractivity contribution in [3.63, 3.8) is 0 Å². The van der Waals surface area contributed by atoms with Crippen LogP contribution in [0.2, 0.25) is 10.0 Å². The molecule has 4 rings (SSSR count). The smallest absolute Gasteiger partial charge is 0.244 e. The highest BCUT2D eigenvalue weighted by molar-refractivity contribution is 6.31. The van der Waals surface area contributed by atoms with Gasteiger partial charge in [-0.1, -0.05) is 41.4 Å². The minimum Gasteiger partial charge on any atom is -0.488 e. The third-order valence-electron chi connectivity index (χ3n) is 4.45. The summed E-state index contributed by atoms with van der Waals surface area (Å²) < 4.78 is 16.5. The number of halogens is 2. The van der Waals surface area contributed by atoms with Crippen LogP contribution in [0, 0.1) is 0 Å². The normalized spacial score (nSPS) is 12.2. The monoisotopic (exact) mass is 456 g/mol. The SMILES string of the molecule is O=C(Cc1ccc2c(c1)OCO2)N/N=C\c1cc(Cl)ccc1OCc1cccc(Cl)c1. The van der Waals surface area contributed by atoms with Gasteiger partial charge in [0, 0.05) is 15.6 Å². The number of carbonyl (C=O) groups excluding carboxylic acids is 1. The van der Waals surface area contributed by atoms with E-state index < -0.39 is 0 Å². The molecule has 0 spiro atoms. The maximum atomic E-state index is 12.2. The lowest BCUT2D eigenvalue weighted by Crippen LogP contribution is -2.19. The van der Waals surface area contributed by atoms with Gasteiger partial charge < -0.3 is 14.2 Å². The quantitative estimate of drug-likeness (QED) is 0.401. The van der Waals surface area contributed by atoms with Crippen LogP contribution < -0.4 is 19.6 Å². The van der Waals surface area contributed by atoms with Crippen LogP contribution in [0.1, 0.15) is 16.7 Å². The van der Waals surface area contributed by atoms with Gasteiger partial charge in [-0.25, -0.2) is 5.43 Å². The first-order valence-electron chi connectivity index (χ1n) is 9.44. The molecule has 0 aromatic heterocycles. The number of hydrogen-bond donors (Lipinski definition) is 1. The van der Waals surface area contributed by atoms with Gasteiger partial charge in [-0.2, -0.15) is 5.10 Å². The summed E-state index contributed by atoms with van der Waals surface area (Å²) in [6.45, 7) is 0.524. The van der Waals surface area contributed by atoms with Crippen molar-refractivity contribution in [3.05, 3.63) is 87.4 Å². The predicted molar refractivity (Wildman–Crippen MR) is 119 cm³/mol. The molecule has 0 bridgehead atoms. The van der Waals surface area contributed by atoms with E-state index in [1.807, 2.05) is 24.3 Å². The summed E-state index contributed by atoms with van der Waals surface area (Å²) in [5.74, 6) is 1.62. The molecule has 1 N–H and O–H groups in total. The summed E-state index contributed by atoms with van der Waals surface area (Å²) in [6, 6.07) is 18.0. The number of hydrogen-bond acceptors (Lipinski definition) is 5. The second kappa shape index (κ2) is 9.73. The summed E-state index contributed by atoms with van der Waals surface area (Å²) in [5, 5.41) is 5.21. The summed E-state index contributed by atoms with van der Waals surface area (Å²) in [5.41, 5.74) is 4.88. The van der Waals surface area contributed by atoms with Crippen molar-refractivity contribution >= 4 is 35.3 Å². The second-order valence-electron chi connectivity index (χ2n) is 6.76. The fraction of sp³-hybridized carbons (Fsp3) is 0.130. The molecule has 6 nitrogen and oxygen atoms in total. The first kappa shape index (κ1) is 21.0. The van der Waals surface area contributed by atoms with Gasteiger partial charge in [0.25, 0.3) is 0 Å². The molecular weight excluding hydrogens is 439 g/mol. The first-order chi connectivity index (χ1) is 15.1. The lowest BCUT2D eigenvalue weighted by molar-refractivity contribution is -0.120. The average molecular weight is 457 g/mol. The number of benzene rings is 3. The molecule has 1 heterocycles. The third kappa shape index (κ3) is 5.69. The number of carbonyl (C=O) groups is 1. The highest BCUT2D eigenvalue weighted by Crippen LogP contribution is 2.32. The van der Waals surface area contributed by atoms with Gasteiger partial charge in [0.15, 0.2) is 11.5 Å². The van der Waals surface area contributed by atoms with E-state index in [1.54, 1.807) is 36.4 Å². The molecule has 0 radical (unpaired) electrons. The molecule has 0 saturated heterocycles. The van der Waals surface area contributed by atoms with Crippen molar-refractivity contribution in [2.24, 2.45) is 5.10 Å². The molecule has 0 unspecified atom stereocenters. The van der Waals surface area contributed by atoms with E-state index >= 15 is 0 Å². The Bertz CT molecular complexity index is 1130. The van der Waals surface area contributed by atoms with Crippen LogP contribution in [-0.4, -0.2) is 18.9 Å². The first-order valence-corrected chi connectivity index (χ1v) is 10.2. The standard InChI is InChI=1S/C23H18Cl2N2O4/c24-18-3-1-2-16(8-18)13-29-20-7-5-19(25)11-17(20)12-26-27-23(28)10-15-4-6-21-22(9-15)31-14-30-21/h1-9,11-12H,10,13-14H2,(H,27,28)/b26-12-. The summed E-state index contributed by atoms with van der Waals surface area (Å²) in [6.07, 6.45) is 1.65. The average Bonchev–Trinajstić information content (AvgIpc) is 3.21. The van der Waals surface area contributed by atoms with Crippen LogP contribution in [0.5, 0.6) is 17.2 Å². The number of nitrogens with zero attached hydrogens (tertiary/aromatic N) is 1. The Kier molecular flexibility index (Phi) is 6.60. The van der Waals surface area contributed by atoms with Gasteiger partial charge in [0.05, 0.1) is 12.6 Å². The Balaban J connectivity index is 1.37. The van der Waals surface area contributed by atoms with Crippen LogP contribution >= 0.6 is 23.2 Å². The van der Waals surface area contributed by atoms with E-state index in [1.165, 1.54) is 6.21 Å². The van der Waals surface area contributed by atoms with Crippen LogP contribution in [0.15, 0.2) is 65.8 Å². The lowest BCUT2D eigenvalue weighted by atomic mass is 10.1. The summed E-state index contributed by atoms with van der Waals surface area (Å²) >= 11 is 12.1. The zero-order chi connectivity index (χ0) is 21.6. The van der Waals surface area contributed by atoms with Gasteiger partial charge in [0.2, 0.25) is 12.7 Å². The second-order valence-corrected chi connectivity index (χ2v) is 7.63. The fourth-order valence-corrected chi connectivity index (χ4v) is 3.38. The van der Waals surface area contributed by atoms with E-state index in [0.29, 0.717) is 39.5 Å². The zero-order valence-electron chi connectivity index (χ0n) is 16.3. The lowest BCUT2D eigenvalue weighted by Gasteiger charge is -2.10. The maximum Gasteiger partial charge on any atom is 0.244 e. The summed E-state index contributed by atoms with van der Waals surface area (Å²) in [4.78, 5) is 12.2.